The van der Waals surface area contributed by atoms with E-state index in [1.165, 1.54) is 0 Å². The van der Waals surface area contributed by atoms with Gasteiger partial charge in [-0.25, -0.2) is 4.98 Å². The quantitative estimate of drug-likeness (QED) is 0.707. The second-order valence-corrected chi connectivity index (χ2v) is 4.05. The van der Waals surface area contributed by atoms with Gasteiger partial charge in [-0.05, 0) is 31.2 Å². The summed E-state index contributed by atoms with van der Waals surface area (Å²) in [6.45, 7) is 2.95. The predicted octanol–water partition coefficient (Wildman–Crippen LogP) is 3.32. The van der Waals surface area contributed by atoms with Crippen molar-refractivity contribution in [1.29, 1.82) is 0 Å². The smallest absolute Gasteiger partial charge is 0.176 e. The molecule has 0 bridgehead atoms. The second kappa shape index (κ2) is 4.22. The zero-order chi connectivity index (χ0) is 12.5. The first-order valence-corrected chi connectivity index (χ1v) is 5.91. The lowest BCUT2D eigenvalue weighted by molar-refractivity contribution is 0.415. The first kappa shape index (κ1) is 10.9. The summed E-state index contributed by atoms with van der Waals surface area (Å²) in [6, 6.07) is 7.76. The van der Waals surface area contributed by atoms with Gasteiger partial charge in [0.25, 0.3) is 0 Å². The highest BCUT2D eigenvalue weighted by Crippen LogP contribution is 2.29. The summed E-state index contributed by atoms with van der Waals surface area (Å²) in [7, 11) is 1.66. The van der Waals surface area contributed by atoms with Gasteiger partial charge in [0.05, 0.1) is 7.11 Å². The van der Waals surface area contributed by atoms with E-state index in [1.807, 2.05) is 30.5 Å². The van der Waals surface area contributed by atoms with E-state index in [0.717, 1.165) is 34.8 Å². The van der Waals surface area contributed by atoms with Crippen LogP contribution >= 0.6 is 0 Å². The van der Waals surface area contributed by atoms with E-state index in [9.17, 15) is 0 Å². The number of aryl methyl sites for hydroxylation is 1. The number of methoxy groups -OCH3 is 1. The van der Waals surface area contributed by atoms with Gasteiger partial charge in [-0.2, -0.15) is 0 Å². The maximum Gasteiger partial charge on any atom is 0.176 e. The van der Waals surface area contributed by atoms with Crippen molar-refractivity contribution in [2.24, 2.45) is 0 Å². The average Bonchev–Trinajstić information content (AvgIpc) is 3.03. The van der Waals surface area contributed by atoms with Crippen LogP contribution < -0.4 is 4.74 Å². The number of ether oxygens (including phenoxy) is 1. The Labute approximate surface area is 105 Å². The summed E-state index contributed by atoms with van der Waals surface area (Å²) in [4.78, 5) is 4.33. The second-order valence-electron chi connectivity index (χ2n) is 4.05. The fourth-order valence-corrected chi connectivity index (χ4v) is 2.05. The largest absolute Gasteiger partial charge is 0.497 e. The molecular formula is C14H14N2O2. The molecule has 2 heterocycles. The minimum absolute atomic E-state index is 0.783. The van der Waals surface area contributed by atoms with E-state index in [2.05, 4.69) is 16.5 Å². The lowest BCUT2D eigenvalue weighted by atomic mass is 10.2. The molecule has 0 aliphatic carbocycles. The van der Waals surface area contributed by atoms with Crippen molar-refractivity contribution in [3.05, 3.63) is 36.7 Å². The molecule has 1 aromatic carbocycles. The molecule has 0 radical (unpaired) electrons. The van der Waals surface area contributed by atoms with Crippen LogP contribution in [-0.4, -0.2) is 16.7 Å². The van der Waals surface area contributed by atoms with Crippen LogP contribution in [0.15, 0.2) is 41.1 Å². The molecule has 3 rings (SSSR count). The molecule has 4 nitrogen and oxygen atoms in total. The van der Waals surface area contributed by atoms with Gasteiger partial charge in [0, 0.05) is 24.3 Å². The lowest BCUT2D eigenvalue weighted by Gasteiger charge is -1.99. The predicted molar refractivity (Wildman–Crippen MR) is 69.7 cm³/mol. The zero-order valence-corrected chi connectivity index (χ0v) is 10.4. The van der Waals surface area contributed by atoms with Gasteiger partial charge in [-0.15, -0.1) is 0 Å². The molecule has 92 valence electrons. The van der Waals surface area contributed by atoms with E-state index >= 15 is 0 Å². The summed E-state index contributed by atoms with van der Waals surface area (Å²) in [5.74, 6) is 2.46. The molecule has 0 N–H and O–H groups in total. The van der Waals surface area contributed by atoms with Crippen LogP contribution in [0.5, 0.6) is 5.75 Å². The molecule has 0 spiro atoms. The fraction of sp³-hybridized carbons (Fsp3) is 0.214. The van der Waals surface area contributed by atoms with Gasteiger partial charge in [0.1, 0.15) is 11.3 Å². The highest BCUT2D eigenvalue weighted by Gasteiger charge is 2.11. The molecule has 4 heteroatoms. The highest BCUT2D eigenvalue weighted by atomic mass is 16.5. The normalized spacial score (nSPS) is 11.0. The molecule has 0 unspecified atom stereocenters. The molecule has 0 atom stereocenters. The Balaban J connectivity index is 2.13. The molecule has 0 fully saturated rings. The van der Waals surface area contributed by atoms with Crippen LogP contribution in [0.3, 0.4) is 0 Å². The monoisotopic (exact) mass is 242 g/mol. The number of hydrogen-bond acceptors (Lipinski definition) is 3. The molecule has 3 aromatic rings. The van der Waals surface area contributed by atoms with Crippen LogP contribution in [0.1, 0.15) is 6.92 Å². The van der Waals surface area contributed by atoms with E-state index in [1.54, 1.807) is 13.3 Å². The maximum atomic E-state index is 5.82. The van der Waals surface area contributed by atoms with Crippen LogP contribution in [0, 0.1) is 0 Å². The van der Waals surface area contributed by atoms with E-state index in [-0.39, 0.29) is 0 Å². The number of furan rings is 1. The minimum atomic E-state index is 0.783. The molecule has 0 amide bonds. The number of imidazole rings is 1. The Kier molecular flexibility index (Phi) is 2.55. The SMILES string of the molecule is CCn1ccnc1-c1cc2cc(OC)ccc2o1. The van der Waals surface area contributed by atoms with Crippen molar-refractivity contribution >= 4 is 11.0 Å². The van der Waals surface area contributed by atoms with Crippen LogP contribution in [0.4, 0.5) is 0 Å². The number of fused-ring (bicyclic) bond motifs is 1. The summed E-state index contributed by atoms with van der Waals surface area (Å²) < 4.78 is 13.1. The Morgan fingerprint density at radius 1 is 1.33 bits per heavy atom. The van der Waals surface area contributed by atoms with Crippen molar-refractivity contribution in [1.82, 2.24) is 9.55 Å². The first-order chi connectivity index (χ1) is 8.81. The van der Waals surface area contributed by atoms with Gasteiger partial charge >= 0.3 is 0 Å². The van der Waals surface area contributed by atoms with Crippen molar-refractivity contribution in [2.75, 3.05) is 7.11 Å². The topological polar surface area (TPSA) is 40.2 Å². The van der Waals surface area contributed by atoms with E-state index in [4.69, 9.17) is 9.15 Å². The third-order valence-electron chi connectivity index (χ3n) is 3.00. The third-order valence-corrected chi connectivity index (χ3v) is 3.00. The molecule has 0 aliphatic heterocycles. The molecule has 0 saturated heterocycles. The van der Waals surface area contributed by atoms with Crippen molar-refractivity contribution < 1.29 is 9.15 Å². The molecule has 2 aromatic heterocycles. The lowest BCUT2D eigenvalue weighted by Crippen LogP contribution is -1.94. The van der Waals surface area contributed by atoms with E-state index < -0.39 is 0 Å². The van der Waals surface area contributed by atoms with Gasteiger partial charge in [0.15, 0.2) is 11.6 Å². The number of rotatable bonds is 3. The zero-order valence-electron chi connectivity index (χ0n) is 10.4. The van der Waals surface area contributed by atoms with Crippen LogP contribution in [0.2, 0.25) is 0 Å². The Hall–Kier alpha value is -2.23. The average molecular weight is 242 g/mol. The van der Waals surface area contributed by atoms with E-state index in [0.29, 0.717) is 0 Å². The number of nitrogens with zero attached hydrogens (tertiary/aromatic N) is 2. The Morgan fingerprint density at radius 2 is 2.22 bits per heavy atom. The van der Waals surface area contributed by atoms with Gasteiger partial charge < -0.3 is 13.7 Å². The van der Waals surface area contributed by atoms with Crippen molar-refractivity contribution in [3.8, 4) is 17.3 Å². The Bertz CT molecular complexity index is 682. The standard InChI is InChI=1S/C14H14N2O2/c1-3-16-7-6-15-14(16)13-9-10-8-11(17-2)4-5-12(10)18-13/h4-9H,3H2,1-2H3. The fourth-order valence-electron chi connectivity index (χ4n) is 2.05. The summed E-state index contributed by atoms with van der Waals surface area (Å²) >= 11 is 0. The summed E-state index contributed by atoms with van der Waals surface area (Å²) in [6.07, 6.45) is 3.73. The number of hydrogen-bond donors (Lipinski definition) is 0. The third kappa shape index (κ3) is 1.66. The van der Waals surface area contributed by atoms with Crippen molar-refractivity contribution in [2.45, 2.75) is 13.5 Å². The van der Waals surface area contributed by atoms with Crippen molar-refractivity contribution in [3.63, 3.8) is 0 Å². The molecule has 0 saturated carbocycles. The molecule has 0 aliphatic rings. The Morgan fingerprint density at radius 3 is 3.00 bits per heavy atom. The van der Waals surface area contributed by atoms with Gasteiger partial charge in [-0.3, -0.25) is 0 Å². The van der Waals surface area contributed by atoms with Gasteiger partial charge in [0.2, 0.25) is 0 Å². The minimum Gasteiger partial charge on any atom is -0.497 e. The highest BCUT2D eigenvalue weighted by molar-refractivity contribution is 5.83. The van der Waals surface area contributed by atoms with Crippen LogP contribution in [-0.2, 0) is 6.54 Å². The number of aromatic nitrogens is 2. The molecule has 18 heavy (non-hydrogen) atoms. The summed E-state index contributed by atoms with van der Waals surface area (Å²) in [5.41, 5.74) is 0.844. The van der Waals surface area contributed by atoms with Gasteiger partial charge in [-0.1, -0.05) is 0 Å². The maximum absolute atomic E-state index is 5.82. The number of benzene rings is 1. The van der Waals surface area contributed by atoms with Crippen LogP contribution in [0.25, 0.3) is 22.6 Å². The summed E-state index contributed by atoms with van der Waals surface area (Å²) in [5, 5.41) is 1.02. The molecular weight excluding hydrogens is 228 g/mol. The first-order valence-electron chi connectivity index (χ1n) is 5.91.